The van der Waals surface area contributed by atoms with Crippen LogP contribution in [0.1, 0.15) is 45.7 Å². The second kappa shape index (κ2) is 7.90. The standard InChI is InChI=1S/C16H26N2O2/c1-5-20-14-8-6-7-13(10-14)12(4)18-16(19)15(17)9-11(2)3/h6-8,10-12,15H,5,9,17H2,1-4H3,(H,18,19)/t12-,15-/m1/s1. The van der Waals surface area contributed by atoms with E-state index in [0.29, 0.717) is 18.9 Å². The molecule has 1 rings (SSSR count). The summed E-state index contributed by atoms with van der Waals surface area (Å²) in [4.78, 5) is 12.0. The molecule has 3 N–H and O–H groups in total. The highest BCUT2D eigenvalue weighted by Gasteiger charge is 2.17. The molecule has 0 saturated heterocycles. The van der Waals surface area contributed by atoms with Crippen molar-refractivity contribution in [2.45, 2.75) is 46.2 Å². The molecule has 0 bridgehead atoms. The van der Waals surface area contributed by atoms with Crippen LogP contribution in [-0.2, 0) is 4.79 Å². The van der Waals surface area contributed by atoms with Crippen molar-refractivity contribution in [1.82, 2.24) is 5.32 Å². The van der Waals surface area contributed by atoms with Gasteiger partial charge in [0.25, 0.3) is 0 Å². The Morgan fingerprint density at radius 1 is 1.35 bits per heavy atom. The molecule has 0 unspecified atom stereocenters. The fraction of sp³-hybridized carbons (Fsp3) is 0.562. The van der Waals surface area contributed by atoms with E-state index >= 15 is 0 Å². The number of amides is 1. The van der Waals surface area contributed by atoms with E-state index in [2.05, 4.69) is 19.2 Å². The molecule has 4 heteroatoms. The van der Waals surface area contributed by atoms with Gasteiger partial charge in [-0.2, -0.15) is 0 Å². The Labute approximate surface area is 121 Å². The van der Waals surface area contributed by atoms with Crippen LogP contribution in [0.3, 0.4) is 0 Å². The monoisotopic (exact) mass is 278 g/mol. The molecule has 0 aliphatic heterocycles. The molecule has 0 aliphatic carbocycles. The van der Waals surface area contributed by atoms with Gasteiger partial charge >= 0.3 is 0 Å². The predicted octanol–water partition coefficient (Wildman–Crippen LogP) is 2.64. The van der Waals surface area contributed by atoms with Crippen LogP contribution in [-0.4, -0.2) is 18.6 Å². The van der Waals surface area contributed by atoms with Gasteiger partial charge in [-0.05, 0) is 43.9 Å². The lowest BCUT2D eigenvalue weighted by atomic mass is 10.0. The summed E-state index contributed by atoms with van der Waals surface area (Å²) in [6, 6.07) is 7.22. The minimum absolute atomic E-state index is 0.0823. The highest BCUT2D eigenvalue weighted by molar-refractivity contribution is 5.81. The fourth-order valence-corrected chi connectivity index (χ4v) is 2.06. The minimum atomic E-state index is -0.451. The molecular weight excluding hydrogens is 252 g/mol. The molecular formula is C16H26N2O2. The first kappa shape index (κ1) is 16.5. The Morgan fingerprint density at radius 2 is 2.05 bits per heavy atom. The highest BCUT2D eigenvalue weighted by Crippen LogP contribution is 2.19. The molecule has 0 fully saturated rings. The fourth-order valence-electron chi connectivity index (χ4n) is 2.06. The van der Waals surface area contributed by atoms with Crippen LogP contribution < -0.4 is 15.8 Å². The van der Waals surface area contributed by atoms with Gasteiger partial charge in [0.05, 0.1) is 18.7 Å². The SMILES string of the molecule is CCOc1cccc([C@@H](C)NC(=O)[C@H](N)CC(C)C)c1. The van der Waals surface area contributed by atoms with E-state index in [1.807, 2.05) is 38.1 Å². The number of rotatable bonds is 7. The van der Waals surface area contributed by atoms with Crippen molar-refractivity contribution in [1.29, 1.82) is 0 Å². The van der Waals surface area contributed by atoms with E-state index in [1.165, 1.54) is 0 Å². The normalized spacial score (nSPS) is 13.9. The van der Waals surface area contributed by atoms with Crippen LogP contribution in [0.4, 0.5) is 0 Å². The molecule has 0 saturated carbocycles. The molecule has 1 amide bonds. The van der Waals surface area contributed by atoms with Gasteiger partial charge in [-0.3, -0.25) is 4.79 Å². The summed E-state index contributed by atoms with van der Waals surface area (Å²) < 4.78 is 5.46. The second-order valence-electron chi connectivity index (χ2n) is 5.47. The molecule has 0 radical (unpaired) electrons. The molecule has 2 atom stereocenters. The summed E-state index contributed by atoms with van der Waals surface area (Å²) in [7, 11) is 0. The third kappa shape index (κ3) is 5.21. The summed E-state index contributed by atoms with van der Waals surface area (Å²) in [5.41, 5.74) is 6.90. The van der Waals surface area contributed by atoms with Gasteiger partial charge in [0.2, 0.25) is 5.91 Å². The Kier molecular flexibility index (Phi) is 6.52. The molecule has 1 aromatic carbocycles. The lowest BCUT2D eigenvalue weighted by molar-refractivity contribution is -0.123. The minimum Gasteiger partial charge on any atom is -0.494 e. The summed E-state index contributed by atoms with van der Waals surface area (Å²) in [6.07, 6.45) is 0.692. The maximum Gasteiger partial charge on any atom is 0.237 e. The van der Waals surface area contributed by atoms with Crippen molar-refractivity contribution < 1.29 is 9.53 Å². The Hall–Kier alpha value is -1.55. The molecule has 1 aromatic rings. The quantitative estimate of drug-likeness (QED) is 0.806. The largest absolute Gasteiger partial charge is 0.494 e. The van der Waals surface area contributed by atoms with E-state index in [-0.39, 0.29) is 11.9 Å². The van der Waals surface area contributed by atoms with Gasteiger partial charge < -0.3 is 15.8 Å². The molecule has 4 nitrogen and oxygen atoms in total. The topological polar surface area (TPSA) is 64.3 Å². The highest BCUT2D eigenvalue weighted by atomic mass is 16.5. The zero-order valence-electron chi connectivity index (χ0n) is 12.8. The average molecular weight is 278 g/mol. The van der Waals surface area contributed by atoms with Crippen LogP contribution in [0.15, 0.2) is 24.3 Å². The van der Waals surface area contributed by atoms with E-state index < -0.39 is 6.04 Å². The molecule has 0 spiro atoms. The third-order valence-electron chi connectivity index (χ3n) is 3.09. The van der Waals surface area contributed by atoms with Crippen molar-refractivity contribution in [2.24, 2.45) is 11.7 Å². The van der Waals surface area contributed by atoms with E-state index in [1.54, 1.807) is 0 Å². The van der Waals surface area contributed by atoms with Crippen LogP contribution >= 0.6 is 0 Å². The average Bonchev–Trinajstić information content (AvgIpc) is 2.38. The van der Waals surface area contributed by atoms with E-state index in [0.717, 1.165) is 11.3 Å². The van der Waals surface area contributed by atoms with Gasteiger partial charge in [0.1, 0.15) is 5.75 Å². The third-order valence-corrected chi connectivity index (χ3v) is 3.09. The lowest BCUT2D eigenvalue weighted by Gasteiger charge is -2.19. The van der Waals surface area contributed by atoms with Crippen LogP contribution in [0, 0.1) is 5.92 Å². The van der Waals surface area contributed by atoms with Gasteiger partial charge in [-0.15, -0.1) is 0 Å². The van der Waals surface area contributed by atoms with Gasteiger partial charge in [-0.25, -0.2) is 0 Å². The number of benzene rings is 1. The first-order chi connectivity index (χ1) is 9.43. The number of ether oxygens (including phenoxy) is 1. The number of hydrogen-bond acceptors (Lipinski definition) is 3. The van der Waals surface area contributed by atoms with E-state index in [9.17, 15) is 4.79 Å². The maximum atomic E-state index is 12.0. The number of carbonyl (C=O) groups is 1. The molecule has 112 valence electrons. The molecule has 20 heavy (non-hydrogen) atoms. The van der Waals surface area contributed by atoms with E-state index in [4.69, 9.17) is 10.5 Å². The summed E-state index contributed by atoms with van der Waals surface area (Å²) in [5.74, 6) is 1.12. The summed E-state index contributed by atoms with van der Waals surface area (Å²) >= 11 is 0. The zero-order valence-corrected chi connectivity index (χ0v) is 12.8. The Balaban J connectivity index is 2.63. The van der Waals surface area contributed by atoms with Crippen molar-refractivity contribution >= 4 is 5.91 Å². The molecule has 0 heterocycles. The molecule has 0 aromatic heterocycles. The van der Waals surface area contributed by atoms with Crippen molar-refractivity contribution in [2.75, 3.05) is 6.61 Å². The molecule has 0 aliphatic rings. The van der Waals surface area contributed by atoms with Crippen LogP contribution in [0.25, 0.3) is 0 Å². The lowest BCUT2D eigenvalue weighted by Crippen LogP contribution is -2.42. The zero-order chi connectivity index (χ0) is 15.1. The number of nitrogens with one attached hydrogen (secondary N) is 1. The Bertz CT molecular complexity index is 432. The first-order valence-corrected chi connectivity index (χ1v) is 7.22. The first-order valence-electron chi connectivity index (χ1n) is 7.22. The van der Waals surface area contributed by atoms with Gasteiger partial charge in [0.15, 0.2) is 0 Å². The number of carbonyl (C=O) groups excluding carboxylic acids is 1. The number of hydrogen-bond donors (Lipinski definition) is 2. The second-order valence-corrected chi connectivity index (χ2v) is 5.47. The summed E-state index contributed by atoms with van der Waals surface area (Å²) in [5, 5.41) is 2.95. The van der Waals surface area contributed by atoms with Crippen LogP contribution in [0.5, 0.6) is 5.75 Å². The number of nitrogens with two attached hydrogens (primary N) is 1. The van der Waals surface area contributed by atoms with Crippen molar-refractivity contribution in [3.05, 3.63) is 29.8 Å². The predicted molar refractivity (Wildman–Crippen MR) is 81.6 cm³/mol. The smallest absolute Gasteiger partial charge is 0.237 e. The van der Waals surface area contributed by atoms with Crippen molar-refractivity contribution in [3.63, 3.8) is 0 Å². The van der Waals surface area contributed by atoms with Crippen LogP contribution in [0.2, 0.25) is 0 Å². The maximum absolute atomic E-state index is 12.0. The van der Waals surface area contributed by atoms with Gasteiger partial charge in [0, 0.05) is 0 Å². The Morgan fingerprint density at radius 3 is 2.65 bits per heavy atom. The van der Waals surface area contributed by atoms with Gasteiger partial charge in [-0.1, -0.05) is 26.0 Å². The summed E-state index contributed by atoms with van der Waals surface area (Å²) in [6.45, 7) is 8.64. The van der Waals surface area contributed by atoms with Crippen molar-refractivity contribution in [3.8, 4) is 5.75 Å².